The highest BCUT2D eigenvalue weighted by Gasteiger charge is 2.37. The van der Waals surface area contributed by atoms with Gasteiger partial charge in [0.15, 0.2) is 6.29 Å². The van der Waals surface area contributed by atoms with Crippen LogP contribution in [0, 0.1) is 64.9 Å². The molecule has 0 radical (unpaired) electrons. The van der Waals surface area contributed by atoms with Crippen LogP contribution >= 0.6 is 0 Å². The Morgan fingerprint density at radius 3 is 1.12 bits per heavy atom. The van der Waals surface area contributed by atoms with Crippen LogP contribution < -0.4 is 4.74 Å². The summed E-state index contributed by atoms with van der Waals surface area (Å²) in [6, 6.07) is 33.7. The summed E-state index contributed by atoms with van der Waals surface area (Å²) in [5, 5.41) is 32.4. The number of aryl methyl sites for hydroxylation is 2. The van der Waals surface area contributed by atoms with Crippen LogP contribution in [0.4, 0.5) is 8.78 Å². The Morgan fingerprint density at radius 1 is 0.345 bits per heavy atom. The van der Waals surface area contributed by atoms with E-state index in [9.17, 15) is 8.78 Å². The Bertz CT molecular complexity index is 5020. The van der Waals surface area contributed by atoms with E-state index in [-0.39, 0.29) is 77.5 Å². The van der Waals surface area contributed by atoms with Gasteiger partial charge in [-0.25, -0.2) is 48.7 Å². The van der Waals surface area contributed by atoms with E-state index < -0.39 is 0 Å². The Morgan fingerprint density at radius 2 is 0.793 bits per heavy atom. The summed E-state index contributed by atoms with van der Waals surface area (Å²) in [7, 11) is 1.56. The number of aromatic nitrogens is 15. The van der Waals surface area contributed by atoms with Gasteiger partial charge in [-0.05, 0) is 225 Å². The van der Waals surface area contributed by atoms with Crippen LogP contribution in [-0.4, -0.2) is 173 Å². The number of rotatable bonds is 3. The van der Waals surface area contributed by atoms with Gasteiger partial charge in [0.1, 0.15) is 46.8 Å². The molecule has 145 heavy (non-hydrogen) atoms. The highest BCUT2D eigenvalue weighted by molar-refractivity contribution is 5.29. The van der Waals surface area contributed by atoms with Crippen molar-refractivity contribution in [3.63, 3.8) is 0 Å². The Kier molecular flexibility index (Phi) is 51.3. The first kappa shape index (κ1) is 129. The molecule has 0 amide bonds. The van der Waals surface area contributed by atoms with Crippen LogP contribution in [0.15, 0.2) is 172 Å². The maximum atomic E-state index is 13.0. The lowest BCUT2D eigenvalue weighted by Crippen LogP contribution is -2.53. The predicted octanol–water partition coefficient (Wildman–Crippen LogP) is 27.3. The van der Waals surface area contributed by atoms with Crippen LogP contribution in [0.2, 0.25) is 0 Å². The summed E-state index contributed by atoms with van der Waals surface area (Å²) in [6.45, 7) is 96.9. The second-order valence-electron chi connectivity index (χ2n) is 51.0. The van der Waals surface area contributed by atoms with Crippen molar-refractivity contribution in [3.05, 3.63) is 263 Å². The number of hydrogen-bond donors (Lipinski definition) is 0. The molecule has 0 N–H and O–H groups in total. The first-order valence-corrected chi connectivity index (χ1v) is 51.5. The van der Waals surface area contributed by atoms with Crippen molar-refractivity contribution in [2.45, 2.75) is 400 Å². The van der Waals surface area contributed by atoms with Crippen molar-refractivity contribution in [2.24, 2.45) is 16.7 Å². The van der Waals surface area contributed by atoms with Crippen molar-refractivity contribution in [3.8, 4) is 18.1 Å². The Labute approximate surface area is 875 Å². The monoisotopic (exact) mass is 1990 g/mol. The van der Waals surface area contributed by atoms with Gasteiger partial charge >= 0.3 is 6.01 Å². The molecule has 798 valence electrons. The van der Waals surface area contributed by atoms with Crippen molar-refractivity contribution in [1.29, 1.82) is 10.5 Å². The molecule has 3 aliphatic heterocycles. The van der Waals surface area contributed by atoms with Gasteiger partial charge in [0.2, 0.25) is 0 Å². The molecule has 0 aromatic carbocycles. The molecule has 0 atom stereocenters. The van der Waals surface area contributed by atoms with Crippen LogP contribution in [-0.2, 0) is 63.6 Å². The quantitative estimate of drug-likeness (QED) is 0.159. The van der Waals surface area contributed by atoms with E-state index in [2.05, 4.69) is 331 Å². The fourth-order valence-corrected chi connectivity index (χ4v) is 13.8. The van der Waals surface area contributed by atoms with E-state index in [0.29, 0.717) is 34.0 Å². The molecule has 3 saturated heterocycles. The van der Waals surface area contributed by atoms with Gasteiger partial charge in [0, 0.05) is 162 Å². The number of nitrogens with zero attached hydrogens (tertiary/aromatic N) is 20. The highest BCUT2D eigenvalue weighted by Crippen LogP contribution is 2.39. The summed E-state index contributed by atoms with van der Waals surface area (Å²) in [5.74, 6) is 2.19. The van der Waals surface area contributed by atoms with Crippen LogP contribution in [0.1, 0.15) is 388 Å². The second-order valence-corrected chi connectivity index (χ2v) is 51.0. The molecule has 25 heteroatoms. The molecule has 0 spiro atoms. The second kappa shape index (κ2) is 57.8. The van der Waals surface area contributed by atoms with Gasteiger partial charge in [-0.2, -0.15) is 30.9 Å². The summed E-state index contributed by atoms with van der Waals surface area (Å²) in [6.07, 6.45) is 31.4. The fraction of sp³-hybridized carbons (Fsp3) is 0.608. The first-order chi connectivity index (χ1) is 66.7. The van der Waals surface area contributed by atoms with Gasteiger partial charge in [0.05, 0.1) is 44.1 Å². The zero-order valence-electron chi connectivity index (χ0n) is 97.3. The maximum Gasteiger partial charge on any atom is 0.316 e. The number of likely N-dealkylation sites (tertiary alicyclic amines) is 1. The van der Waals surface area contributed by atoms with Crippen LogP contribution in [0.3, 0.4) is 0 Å². The van der Waals surface area contributed by atoms with E-state index in [4.69, 9.17) is 24.7 Å². The third-order valence-electron chi connectivity index (χ3n) is 23.9. The minimum atomic E-state index is -0.280. The molecule has 2 saturated carbocycles. The van der Waals surface area contributed by atoms with E-state index in [0.717, 1.165) is 76.8 Å². The molecule has 2 aliphatic carbocycles. The molecule has 15 rings (SSSR count). The molecule has 0 bridgehead atoms. The first-order valence-electron chi connectivity index (χ1n) is 51.5. The number of methoxy groups -OCH3 is 1. The van der Waals surface area contributed by atoms with E-state index in [1.165, 1.54) is 113 Å². The molecule has 5 fully saturated rings. The van der Waals surface area contributed by atoms with E-state index in [1.807, 2.05) is 129 Å². The summed E-state index contributed by atoms with van der Waals surface area (Å²) >= 11 is 0. The summed E-state index contributed by atoms with van der Waals surface area (Å²) in [5.41, 5.74) is 13.3. The number of pyridine rings is 5. The number of ether oxygens (including phenoxy) is 3. The average Bonchev–Trinajstić information content (AvgIpc) is 1.66. The largest absolute Gasteiger partial charge is 0.467 e. The minimum absolute atomic E-state index is 0.00764. The molecule has 10 aromatic rings. The Balaban J connectivity index is 0.000000404. The number of nitriles is 2. The zero-order chi connectivity index (χ0) is 110. The number of piperidine rings is 1. The van der Waals surface area contributed by atoms with Crippen LogP contribution in [0.25, 0.3) is 0 Å². The van der Waals surface area contributed by atoms with Gasteiger partial charge in [-0.15, -0.1) is 0 Å². The molecule has 5 aliphatic rings. The maximum absolute atomic E-state index is 13.0. The van der Waals surface area contributed by atoms with Crippen molar-refractivity contribution in [2.75, 3.05) is 59.6 Å². The normalized spacial score (nSPS) is 15.1. The summed E-state index contributed by atoms with van der Waals surface area (Å²) in [4.78, 5) is 53.0. The number of piperazine rings is 1. The lowest BCUT2D eigenvalue weighted by atomic mass is 9.75. The average molecular weight is 1990 g/mol. The van der Waals surface area contributed by atoms with Crippen molar-refractivity contribution in [1.82, 2.24) is 89.9 Å². The molecular weight excluding hydrogens is 1810 g/mol. The number of halogens is 2. The standard InChI is InChI=1S/C12H23N.C11H22N2.2C10H12N2.C10H15N.2C9H12FN.C9H14N2O.C9H14N2.3C8H12N2.C7H14O2/c1-12(2,3)10-6-8-13(9-7-10)11-4-5-11;1-11(2,3)13-8-6-12(7-9-13)10-4-5-10;1-10(2,3)8-4-5-9(6-11)12-7-8;1-10(2,3)9-6-4-5-8(7-11)12-9;1-8-5-6-9(7-11-8)10(2,3)4;1-9(2,3)8-5-4-7(10)6-11-8;1-9(2,3)8-7(10)5-4-6-11-8;1-9(2,3)7-5-10-8(12-4)11-6-7;1-7-10-5-8(6-11-7)9(2,3)4;1-8(2,3)7-4-5-9-10-6-7;1-8(2,3)7-9-5-4-6-10-7;1-8(2,3)7-5-4-6-9-10-7;1-7(2,3)6-8-4-5-9-6/h10-11H,4-9H2,1-3H3;10H,4-9H2,1-3H3;4-5,7H,1-3H3;4-6H,1-3H3;5-7H,1-4H3;2*4-6H,1-3H3;5-6H,1-4H3;5-6H,1-4H3;3*4-6H,1-3H3;6H,4-5H2,1-3H3. The molecular formula is C120H186F2N20O3. The van der Waals surface area contributed by atoms with Crippen LogP contribution in [0.5, 0.6) is 6.01 Å². The molecule has 13 heterocycles. The van der Waals surface area contributed by atoms with Crippen molar-refractivity contribution < 1.29 is 23.0 Å². The Hall–Kier alpha value is -10.4. The van der Waals surface area contributed by atoms with E-state index >= 15 is 0 Å². The highest BCUT2D eigenvalue weighted by atomic mass is 19.1. The number of hydrogen-bond acceptors (Lipinski definition) is 23. The fourth-order valence-electron chi connectivity index (χ4n) is 13.8. The zero-order valence-corrected chi connectivity index (χ0v) is 97.3. The SMILES string of the molecule is CC(C)(C)C1CCN(C2CC2)CC1.CC(C)(C)C1OCCO1.CC(C)(C)N1CCN(C2CC2)CC1.CC(C)(C)c1ccc(C#N)nc1.CC(C)(C)c1ccc(F)cn1.CC(C)(C)c1cccc(C#N)n1.CC(C)(C)c1cccnn1.CC(C)(C)c1ccnnc1.CC(C)(C)c1ncccc1F.CC(C)(C)c1ncccn1.COc1ncc(C(C)(C)C)cn1.Cc1ccc(C(C)(C)C)cn1.Cc1ncc(C(C)(C)C)cn1. The molecule has 10 aromatic heterocycles. The lowest BCUT2D eigenvalue weighted by Gasteiger charge is -2.42. The van der Waals surface area contributed by atoms with Gasteiger partial charge in [-0.1, -0.05) is 267 Å². The van der Waals surface area contributed by atoms with Gasteiger partial charge in [0.25, 0.3) is 0 Å². The molecule has 23 nitrogen and oxygen atoms in total. The topological polar surface area (TPSA) is 278 Å². The van der Waals surface area contributed by atoms with E-state index in [1.54, 1.807) is 87.1 Å². The van der Waals surface area contributed by atoms with Gasteiger partial charge < -0.3 is 19.1 Å². The van der Waals surface area contributed by atoms with Gasteiger partial charge in [-0.3, -0.25) is 24.8 Å². The summed E-state index contributed by atoms with van der Waals surface area (Å²) < 4.78 is 40.9. The lowest BCUT2D eigenvalue weighted by molar-refractivity contribution is -0.112. The molecule has 0 unspecified atom stereocenters. The smallest absolute Gasteiger partial charge is 0.316 e. The predicted molar refractivity (Wildman–Crippen MR) is 592 cm³/mol. The third kappa shape index (κ3) is 52.7. The third-order valence-corrected chi connectivity index (χ3v) is 23.9. The minimum Gasteiger partial charge on any atom is -0.467 e. The van der Waals surface area contributed by atoms with Crippen molar-refractivity contribution >= 4 is 0 Å².